The molecule has 1 heterocycles. The van der Waals surface area contributed by atoms with Crippen LogP contribution in [0.25, 0.3) is 0 Å². The van der Waals surface area contributed by atoms with Crippen LogP contribution in [0.4, 0.5) is 0 Å². The highest BCUT2D eigenvalue weighted by atomic mass is 35.5. The summed E-state index contributed by atoms with van der Waals surface area (Å²) in [5, 5.41) is 4.43. The lowest BCUT2D eigenvalue weighted by Crippen LogP contribution is -2.43. The van der Waals surface area contributed by atoms with Gasteiger partial charge in [-0.2, -0.15) is 0 Å². The van der Waals surface area contributed by atoms with Crippen molar-refractivity contribution in [2.45, 2.75) is 77.0 Å². The lowest BCUT2D eigenvalue weighted by atomic mass is 9.97. The Balaban J connectivity index is 0.000000219. The van der Waals surface area contributed by atoms with Crippen molar-refractivity contribution >= 4 is 29.1 Å². The number of halogens is 2. The molecule has 272 valence electrons. The average molecular weight is 728 g/mol. The number of hydrogen-bond acceptors (Lipinski definition) is 7. The first-order valence-electron chi connectivity index (χ1n) is 18.0. The minimum Gasteiger partial charge on any atom is -0.491 e. The molecule has 2 saturated carbocycles. The number of carbonyl (C=O) groups is 1. The van der Waals surface area contributed by atoms with Gasteiger partial charge >= 0.3 is 0 Å². The monoisotopic (exact) mass is 726 g/mol. The van der Waals surface area contributed by atoms with Crippen LogP contribution in [-0.2, 0) is 27.2 Å². The lowest BCUT2D eigenvalue weighted by Gasteiger charge is -2.30. The van der Waals surface area contributed by atoms with Gasteiger partial charge in [0.15, 0.2) is 5.75 Å². The van der Waals surface area contributed by atoms with Crippen LogP contribution in [0, 0.1) is 12.8 Å². The number of piperidine rings is 1. The SMILES string of the molecule is COCCCc1cc(CN(C(=O)C2CCCNC2)C2CC2)cc(OCCOC2CC2)c1.Cc1cc(Cl)c(OCCOc2ccccc2)c(Cl)c1. The summed E-state index contributed by atoms with van der Waals surface area (Å²) in [5.74, 6) is 2.64. The van der Waals surface area contributed by atoms with Gasteiger partial charge in [-0.15, -0.1) is 0 Å². The number of ether oxygens (including phenoxy) is 5. The number of nitrogens with zero attached hydrogens (tertiary/aromatic N) is 1. The van der Waals surface area contributed by atoms with E-state index in [1.54, 1.807) is 7.11 Å². The Kier molecular flexibility index (Phi) is 15.4. The molecule has 3 aromatic carbocycles. The minimum atomic E-state index is 0.120. The van der Waals surface area contributed by atoms with Crippen molar-refractivity contribution < 1.29 is 28.5 Å². The zero-order valence-corrected chi connectivity index (χ0v) is 31.0. The van der Waals surface area contributed by atoms with E-state index in [1.807, 2.05) is 49.4 Å². The molecule has 1 amide bonds. The summed E-state index contributed by atoms with van der Waals surface area (Å²) in [6, 6.07) is 20.1. The normalized spacial score (nSPS) is 17.0. The largest absolute Gasteiger partial charge is 0.491 e. The van der Waals surface area contributed by atoms with Crippen LogP contribution in [0.2, 0.25) is 10.0 Å². The van der Waals surface area contributed by atoms with Gasteiger partial charge in [-0.25, -0.2) is 0 Å². The van der Waals surface area contributed by atoms with E-state index in [0.29, 0.717) is 66.8 Å². The number of methoxy groups -OCH3 is 1. The molecule has 2 aliphatic carbocycles. The summed E-state index contributed by atoms with van der Waals surface area (Å²) in [4.78, 5) is 15.4. The Morgan fingerprint density at radius 2 is 1.52 bits per heavy atom. The van der Waals surface area contributed by atoms with Gasteiger partial charge < -0.3 is 33.9 Å². The second kappa shape index (κ2) is 20.1. The molecule has 10 heteroatoms. The van der Waals surface area contributed by atoms with Crippen molar-refractivity contribution in [1.29, 1.82) is 0 Å². The Bertz CT molecular complexity index is 1450. The van der Waals surface area contributed by atoms with Gasteiger partial charge in [-0.05, 0) is 118 Å². The maximum Gasteiger partial charge on any atom is 0.227 e. The number of para-hydroxylation sites is 1. The second-order valence-electron chi connectivity index (χ2n) is 13.3. The molecule has 3 aromatic rings. The predicted molar refractivity (Wildman–Crippen MR) is 199 cm³/mol. The van der Waals surface area contributed by atoms with Gasteiger partial charge in [0.2, 0.25) is 5.91 Å². The van der Waals surface area contributed by atoms with Crippen LogP contribution in [0.5, 0.6) is 17.2 Å². The van der Waals surface area contributed by atoms with E-state index in [-0.39, 0.29) is 5.92 Å². The number of benzene rings is 3. The summed E-state index contributed by atoms with van der Waals surface area (Å²) in [6.45, 7) is 7.22. The molecular formula is C40H52Cl2N2O6. The molecule has 1 unspecified atom stereocenters. The van der Waals surface area contributed by atoms with Gasteiger partial charge in [0.25, 0.3) is 0 Å². The van der Waals surface area contributed by atoms with Crippen LogP contribution in [0.3, 0.4) is 0 Å². The van der Waals surface area contributed by atoms with Crippen molar-refractivity contribution in [2.24, 2.45) is 5.92 Å². The van der Waals surface area contributed by atoms with E-state index in [2.05, 4.69) is 28.4 Å². The molecule has 0 aromatic heterocycles. The molecule has 3 aliphatic rings. The van der Waals surface area contributed by atoms with Gasteiger partial charge in [0.1, 0.15) is 31.3 Å². The van der Waals surface area contributed by atoms with Crippen LogP contribution < -0.4 is 19.5 Å². The maximum absolute atomic E-state index is 13.3. The summed E-state index contributed by atoms with van der Waals surface area (Å²) < 4.78 is 28.1. The van der Waals surface area contributed by atoms with Crippen LogP contribution >= 0.6 is 23.2 Å². The summed E-state index contributed by atoms with van der Waals surface area (Å²) in [5.41, 5.74) is 3.41. The van der Waals surface area contributed by atoms with Gasteiger partial charge in [0, 0.05) is 32.8 Å². The quantitative estimate of drug-likeness (QED) is 0.133. The fourth-order valence-electron chi connectivity index (χ4n) is 5.99. The highest BCUT2D eigenvalue weighted by Crippen LogP contribution is 2.34. The van der Waals surface area contributed by atoms with Gasteiger partial charge in [-0.1, -0.05) is 47.5 Å². The number of rotatable bonds is 18. The summed E-state index contributed by atoms with van der Waals surface area (Å²) in [6.07, 6.45) is 9.08. The second-order valence-corrected chi connectivity index (χ2v) is 14.1. The molecule has 8 nitrogen and oxygen atoms in total. The molecule has 3 fully saturated rings. The van der Waals surface area contributed by atoms with Crippen LogP contribution in [0.15, 0.2) is 60.7 Å². The topological polar surface area (TPSA) is 78.5 Å². The Hall–Kier alpha value is -3.01. The minimum absolute atomic E-state index is 0.120. The molecule has 1 N–H and O–H groups in total. The number of carbonyl (C=O) groups excluding carboxylic acids is 1. The number of hydrogen-bond donors (Lipinski definition) is 1. The first-order chi connectivity index (χ1) is 24.4. The van der Waals surface area contributed by atoms with E-state index < -0.39 is 0 Å². The number of amides is 1. The maximum atomic E-state index is 13.3. The fraction of sp³-hybridized carbons (Fsp3) is 0.525. The molecular weight excluding hydrogens is 675 g/mol. The van der Waals surface area contributed by atoms with E-state index >= 15 is 0 Å². The van der Waals surface area contributed by atoms with Crippen LogP contribution in [0.1, 0.15) is 61.6 Å². The summed E-state index contributed by atoms with van der Waals surface area (Å²) in [7, 11) is 1.74. The molecule has 6 rings (SSSR count). The highest BCUT2D eigenvalue weighted by Gasteiger charge is 2.36. The fourth-order valence-corrected chi connectivity index (χ4v) is 6.69. The highest BCUT2D eigenvalue weighted by molar-refractivity contribution is 6.37. The lowest BCUT2D eigenvalue weighted by molar-refractivity contribution is -0.137. The van der Waals surface area contributed by atoms with Gasteiger partial charge in [0.05, 0.1) is 28.7 Å². The van der Waals surface area contributed by atoms with E-state index in [1.165, 1.54) is 18.4 Å². The van der Waals surface area contributed by atoms with E-state index in [4.69, 9.17) is 46.9 Å². The third-order valence-corrected chi connectivity index (χ3v) is 9.39. The zero-order chi connectivity index (χ0) is 35.1. The van der Waals surface area contributed by atoms with Crippen molar-refractivity contribution in [3.63, 3.8) is 0 Å². The Labute approximate surface area is 307 Å². The Morgan fingerprint density at radius 3 is 2.20 bits per heavy atom. The molecule has 1 atom stereocenters. The van der Waals surface area contributed by atoms with Crippen LogP contribution in [-0.4, -0.2) is 76.2 Å². The van der Waals surface area contributed by atoms with Gasteiger partial charge in [-0.3, -0.25) is 4.79 Å². The van der Waals surface area contributed by atoms with E-state index in [9.17, 15) is 4.79 Å². The molecule has 0 spiro atoms. The average Bonchev–Trinajstić information content (AvgIpc) is 4.05. The van der Waals surface area contributed by atoms with Crippen molar-refractivity contribution in [2.75, 3.05) is 53.2 Å². The van der Waals surface area contributed by atoms with Crippen molar-refractivity contribution in [3.8, 4) is 17.2 Å². The summed E-state index contributed by atoms with van der Waals surface area (Å²) >= 11 is 12.2. The third kappa shape index (κ3) is 13.0. The Morgan fingerprint density at radius 1 is 0.820 bits per heavy atom. The third-order valence-electron chi connectivity index (χ3n) is 8.82. The molecule has 50 heavy (non-hydrogen) atoms. The standard InChI is InChI=1S/C25H38N2O4.C15H14Cl2O2/c1-29-11-3-4-19-14-20(16-24(15-19)31-13-12-30-23-8-9-23)18-27(22-6-7-22)25(28)21-5-2-10-26-17-21;1-11-9-13(16)15(14(17)10-11)19-8-7-18-12-5-3-2-4-6-12/h14-16,21-23,26H,2-13,17-18H2,1H3;2-6,9-10H,7-8H2,1H3. The van der Waals surface area contributed by atoms with Crippen molar-refractivity contribution in [1.82, 2.24) is 10.2 Å². The molecule has 1 aliphatic heterocycles. The number of nitrogens with one attached hydrogen (secondary N) is 1. The first kappa shape index (κ1) is 38.2. The first-order valence-corrected chi connectivity index (χ1v) is 18.8. The molecule has 0 radical (unpaired) electrons. The van der Waals surface area contributed by atoms with Crippen molar-refractivity contribution in [3.05, 3.63) is 87.4 Å². The van der Waals surface area contributed by atoms with E-state index in [0.717, 1.165) is 80.8 Å². The zero-order valence-electron chi connectivity index (χ0n) is 29.5. The predicted octanol–water partition coefficient (Wildman–Crippen LogP) is 8.07. The number of aryl methyl sites for hydroxylation is 2. The molecule has 1 saturated heterocycles. The smallest absolute Gasteiger partial charge is 0.227 e. The molecule has 0 bridgehead atoms.